The van der Waals surface area contributed by atoms with Crippen molar-refractivity contribution in [3.8, 4) is 5.75 Å². The van der Waals surface area contributed by atoms with E-state index in [2.05, 4.69) is 4.98 Å². The Labute approximate surface area is 146 Å². The van der Waals surface area contributed by atoms with Gasteiger partial charge in [-0.05, 0) is 35.9 Å². The molecular weight excluding hydrogens is 320 g/mol. The maximum Gasteiger partial charge on any atom is 0.123 e. The van der Waals surface area contributed by atoms with Crippen LogP contribution in [0.3, 0.4) is 0 Å². The van der Waals surface area contributed by atoms with Crippen LogP contribution in [-0.4, -0.2) is 11.2 Å². The van der Waals surface area contributed by atoms with E-state index >= 15 is 0 Å². The summed E-state index contributed by atoms with van der Waals surface area (Å²) in [5.74, 6) is 0.797. The van der Waals surface area contributed by atoms with Crippen LogP contribution in [0.1, 0.15) is 22.5 Å². The Morgan fingerprint density at radius 2 is 1.83 bits per heavy atom. The van der Waals surface area contributed by atoms with Crippen molar-refractivity contribution in [1.82, 2.24) is 4.98 Å². The largest absolute Gasteiger partial charge is 0.489 e. The van der Waals surface area contributed by atoms with E-state index in [1.54, 1.807) is 6.07 Å². The molecule has 0 aliphatic rings. The van der Waals surface area contributed by atoms with E-state index in [4.69, 9.17) is 21.7 Å². The van der Waals surface area contributed by atoms with Gasteiger partial charge in [-0.1, -0.05) is 48.0 Å². The summed E-state index contributed by atoms with van der Waals surface area (Å²) >= 11 is 6.15. The molecule has 0 atom stereocenters. The van der Waals surface area contributed by atoms with Crippen molar-refractivity contribution in [2.75, 3.05) is 0 Å². The Morgan fingerprint density at radius 3 is 2.62 bits per heavy atom. The number of aromatic nitrogens is 1. The fourth-order valence-electron chi connectivity index (χ4n) is 2.43. The average Bonchev–Trinajstić information content (AvgIpc) is 2.62. The number of hydrogen-bond acceptors (Lipinski definition) is 3. The van der Waals surface area contributed by atoms with Gasteiger partial charge >= 0.3 is 0 Å². The normalized spacial score (nSPS) is 10.4. The van der Waals surface area contributed by atoms with E-state index in [9.17, 15) is 0 Å². The van der Waals surface area contributed by atoms with Crippen LogP contribution in [0.5, 0.6) is 5.75 Å². The number of pyridine rings is 1. The Hall–Kier alpha value is -2.65. The van der Waals surface area contributed by atoms with Gasteiger partial charge in [0.05, 0.1) is 5.69 Å². The second kappa shape index (κ2) is 7.75. The lowest BCUT2D eigenvalue weighted by Crippen LogP contribution is -2.01. The minimum atomic E-state index is 0.503. The number of halogens is 1. The minimum Gasteiger partial charge on any atom is -0.489 e. The smallest absolute Gasteiger partial charge is 0.123 e. The highest BCUT2D eigenvalue weighted by atomic mass is 35.5. The summed E-state index contributed by atoms with van der Waals surface area (Å²) in [7, 11) is 0. The zero-order valence-corrected chi connectivity index (χ0v) is 13.8. The van der Waals surface area contributed by atoms with Gasteiger partial charge in [-0.25, -0.2) is 0 Å². The molecule has 0 fully saturated rings. The molecule has 0 saturated carbocycles. The Balaban J connectivity index is 1.81. The quantitative estimate of drug-likeness (QED) is 0.650. The zero-order chi connectivity index (χ0) is 16.8. The molecular formula is C20H17ClN2O. The van der Waals surface area contributed by atoms with E-state index in [1.165, 1.54) is 6.21 Å². The van der Waals surface area contributed by atoms with Gasteiger partial charge in [0.15, 0.2) is 0 Å². The molecule has 1 heterocycles. The lowest BCUT2D eigenvalue weighted by Gasteiger charge is -2.12. The van der Waals surface area contributed by atoms with Crippen LogP contribution in [0.15, 0.2) is 66.7 Å². The first kappa shape index (κ1) is 16.2. The van der Waals surface area contributed by atoms with Gasteiger partial charge in [0, 0.05) is 28.9 Å². The Bertz CT molecular complexity index is 834. The highest BCUT2D eigenvalue weighted by Crippen LogP contribution is 2.26. The van der Waals surface area contributed by atoms with E-state index in [-0.39, 0.29) is 0 Å². The topological polar surface area (TPSA) is 46.0 Å². The molecule has 120 valence electrons. The lowest BCUT2D eigenvalue weighted by molar-refractivity contribution is 0.303. The second-order valence-electron chi connectivity index (χ2n) is 5.40. The summed E-state index contributed by atoms with van der Waals surface area (Å²) in [5, 5.41) is 7.99. The van der Waals surface area contributed by atoms with Crippen LogP contribution in [-0.2, 0) is 13.0 Å². The third-order valence-corrected chi connectivity index (χ3v) is 3.84. The molecule has 0 bridgehead atoms. The molecule has 0 aliphatic carbocycles. The Kier molecular flexibility index (Phi) is 5.24. The molecule has 2 aromatic carbocycles. The number of ether oxygens (including phenoxy) is 1. The summed E-state index contributed by atoms with van der Waals surface area (Å²) in [6, 6.07) is 21.3. The van der Waals surface area contributed by atoms with E-state index in [0.29, 0.717) is 23.7 Å². The van der Waals surface area contributed by atoms with Crippen LogP contribution in [0.25, 0.3) is 0 Å². The van der Waals surface area contributed by atoms with Crippen LogP contribution >= 0.6 is 11.6 Å². The summed E-state index contributed by atoms with van der Waals surface area (Å²) in [4.78, 5) is 4.43. The molecule has 0 aliphatic heterocycles. The van der Waals surface area contributed by atoms with Crippen LogP contribution < -0.4 is 4.74 Å². The third kappa shape index (κ3) is 4.21. The first-order chi connectivity index (χ1) is 11.7. The van der Waals surface area contributed by atoms with Crippen molar-refractivity contribution in [3.63, 3.8) is 0 Å². The maximum absolute atomic E-state index is 7.32. The number of nitrogens with one attached hydrogen (secondary N) is 1. The average molecular weight is 337 g/mol. The predicted molar refractivity (Wildman–Crippen MR) is 97.2 cm³/mol. The van der Waals surface area contributed by atoms with E-state index < -0.39 is 0 Å². The summed E-state index contributed by atoms with van der Waals surface area (Å²) in [6.45, 7) is 0.503. The van der Waals surface area contributed by atoms with Crippen molar-refractivity contribution in [2.24, 2.45) is 0 Å². The van der Waals surface area contributed by atoms with Gasteiger partial charge in [0.1, 0.15) is 12.4 Å². The standard InChI is InChI=1S/C20H17ClN2O/c21-17-9-10-20(24-14-15-5-2-1-3-6-15)16(11-17)12-18-7-4-8-19(13-22)23-18/h1-11,13,22H,12,14H2. The predicted octanol–water partition coefficient (Wildman–Crippen LogP) is 4.90. The number of hydrogen-bond donors (Lipinski definition) is 1. The highest BCUT2D eigenvalue weighted by molar-refractivity contribution is 6.30. The van der Waals surface area contributed by atoms with Crippen molar-refractivity contribution in [3.05, 3.63) is 94.3 Å². The SMILES string of the molecule is N=Cc1cccc(Cc2cc(Cl)ccc2OCc2ccccc2)n1. The highest BCUT2D eigenvalue weighted by Gasteiger charge is 2.08. The molecule has 0 radical (unpaired) electrons. The van der Waals surface area contributed by atoms with Gasteiger partial charge in [0.25, 0.3) is 0 Å². The fraction of sp³-hybridized carbons (Fsp3) is 0.100. The number of nitrogens with zero attached hydrogens (tertiary/aromatic N) is 1. The molecule has 1 N–H and O–H groups in total. The van der Waals surface area contributed by atoms with Gasteiger partial charge in [-0.15, -0.1) is 0 Å². The molecule has 3 aromatic rings. The summed E-state index contributed by atoms with van der Waals surface area (Å²) in [5.41, 5.74) is 3.61. The molecule has 0 unspecified atom stereocenters. The summed E-state index contributed by atoms with van der Waals surface area (Å²) in [6.07, 6.45) is 1.85. The first-order valence-electron chi connectivity index (χ1n) is 7.66. The first-order valence-corrected chi connectivity index (χ1v) is 8.04. The fourth-order valence-corrected chi connectivity index (χ4v) is 2.63. The van der Waals surface area contributed by atoms with Crippen molar-refractivity contribution in [2.45, 2.75) is 13.0 Å². The Morgan fingerprint density at radius 1 is 1.00 bits per heavy atom. The van der Waals surface area contributed by atoms with Crippen LogP contribution in [0.4, 0.5) is 0 Å². The van der Waals surface area contributed by atoms with Crippen LogP contribution in [0.2, 0.25) is 5.02 Å². The molecule has 4 heteroatoms. The number of benzene rings is 2. The molecule has 3 rings (SSSR count). The third-order valence-electron chi connectivity index (χ3n) is 3.61. The molecule has 0 saturated heterocycles. The lowest BCUT2D eigenvalue weighted by atomic mass is 10.1. The number of rotatable bonds is 6. The van der Waals surface area contributed by atoms with Crippen LogP contribution in [0, 0.1) is 5.41 Å². The van der Waals surface area contributed by atoms with Gasteiger partial charge in [-0.3, -0.25) is 4.98 Å². The molecule has 1 aromatic heterocycles. The van der Waals surface area contributed by atoms with Gasteiger partial charge in [-0.2, -0.15) is 0 Å². The zero-order valence-electron chi connectivity index (χ0n) is 13.1. The monoisotopic (exact) mass is 336 g/mol. The molecule has 0 amide bonds. The molecule has 3 nitrogen and oxygen atoms in total. The van der Waals surface area contributed by atoms with Gasteiger partial charge in [0.2, 0.25) is 0 Å². The maximum atomic E-state index is 7.32. The summed E-state index contributed by atoms with van der Waals surface area (Å²) < 4.78 is 5.98. The van der Waals surface area contributed by atoms with Gasteiger partial charge < -0.3 is 10.1 Å². The van der Waals surface area contributed by atoms with Crippen molar-refractivity contribution >= 4 is 17.8 Å². The van der Waals surface area contributed by atoms with Crippen molar-refractivity contribution < 1.29 is 4.74 Å². The van der Waals surface area contributed by atoms with E-state index in [0.717, 1.165) is 22.6 Å². The second-order valence-corrected chi connectivity index (χ2v) is 5.84. The molecule has 24 heavy (non-hydrogen) atoms. The molecule has 0 spiro atoms. The van der Waals surface area contributed by atoms with E-state index in [1.807, 2.05) is 60.7 Å². The van der Waals surface area contributed by atoms with Crippen molar-refractivity contribution in [1.29, 1.82) is 5.41 Å². The minimum absolute atomic E-state index is 0.503.